The van der Waals surface area contributed by atoms with Crippen LogP contribution in [0.3, 0.4) is 0 Å². The van der Waals surface area contributed by atoms with Gasteiger partial charge in [0.1, 0.15) is 11.5 Å². The van der Waals surface area contributed by atoms with Crippen LogP contribution in [0.5, 0.6) is 0 Å². The molecule has 134 valence electrons. The Bertz CT molecular complexity index is 917. The summed E-state index contributed by atoms with van der Waals surface area (Å²) in [7, 11) is -1.61. The number of benzene rings is 1. The average molecular weight is 362 g/mol. The lowest BCUT2D eigenvalue weighted by Crippen LogP contribution is -2.34. The summed E-state index contributed by atoms with van der Waals surface area (Å²) in [6.07, 6.45) is 1.81. The van der Waals surface area contributed by atoms with Gasteiger partial charge in [-0.1, -0.05) is 0 Å². The van der Waals surface area contributed by atoms with Crippen LogP contribution in [0.4, 0.5) is 5.69 Å². The Morgan fingerprint density at radius 1 is 1.32 bits per heavy atom. The van der Waals surface area contributed by atoms with E-state index >= 15 is 0 Å². The fourth-order valence-corrected chi connectivity index (χ4v) is 4.60. The molecule has 0 radical (unpaired) electrons. The van der Waals surface area contributed by atoms with Crippen molar-refractivity contribution in [2.24, 2.45) is 0 Å². The highest BCUT2D eigenvalue weighted by Crippen LogP contribution is 2.34. The number of nitrogens with zero attached hydrogens (tertiary/aromatic N) is 2. The number of anilines is 1. The number of aryl methyl sites for hydroxylation is 1. The van der Waals surface area contributed by atoms with E-state index < -0.39 is 10.0 Å². The van der Waals surface area contributed by atoms with Crippen LogP contribution in [0.25, 0.3) is 0 Å². The van der Waals surface area contributed by atoms with Crippen molar-refractivity contribution in [1.82, 2.24) is 4.90 Å². The first kappa shape index (κ1) is 17.5. The van der Waals surface area contributed by atoms with Crippen molar-refractivity contribution in [2.75, 3.05) is 17.6 Å². The van der Waals surface area contributed by atoms with Gasteiger partial charge in [0.05, 0.1) is 18.5 Å². The van der Waals surface area contributed by atoms with E-state index in [0.29, 0.717) is 24.2 Å². The molecule has 1 amide bonds. The maximum Gasteiger partial charge on any atom is 0.254 e. The fraction of sp³-hybridized carbons (Fsp3) is 0.389. The number of hydrogen-bond acceptors (Lipinski definition) is 4. The molecule has 3 rings (SSSR count). The van der Waals surface area contributed by atoms with Gasteiger partial charge in [0.25, 0.3) is 5.91 Å². The normalized spacial score (nSPS) is 16.8. The molecule has 0 aliphatic carbocycles. The zero-order valence-corrected chi connectivity index (χ0v) is 15.6. The van der Waals surface area contributed by atoms with Crippen molar-refractivity contribution in [3.05, 3.63) is 53.0 Å². The van der Waals surface area contributed by atoms with E-state index in [1.54, 1.807) is 30.1 Å². The minimum Gasteiger partial charge on any atom is -0.464 e. The molecule has 0 N–H and O–H groups in total. The smallest absolute Gasteiger partial charge is 0.254 e. The Morgan fingerprint density at radius 2 is 2.04 bits per heavy atom. The predicted octanol–water partition coefficient (Wildman–Crippen LogP) is 2.57. The zero-order chi connectivity index (χ0) is 18.4. The molecule has 0 fully saturated rings. The molecule has 0 saturated carbocycles. The molecule has 1 aliphatic rings. The standard InChI is InChI=1S/C18H22N2O4S/c1-12-9-15-10-14(6-8-17(15)20(12)25(4,22)23)18(21)19(3)11-16-7-5-13(2)24-16/h5-8,10,12H,9,11H2,1-4H3. The fourth-order valence-electron chi connectivity index (χ4n) is 3.34. The van der Waals surface area contributed by atoms with Gasteiger partial charge in [-0.05, 0) is 56.2 Å². The van der Waals surface area contributed by atoms with Gasteiger partial charge < -0.3 is 9.32 Å². The van der Waals surface area contributed by atoms with Crippen LogP contribution in [-0.4, -0.2) is 38.6 Å². The SMILES string of the molecule is Cc1ccc(CN(C)C(=O)c2ccc3c(c2)CC(C)N3S(C)(=O)=O)o1. The molecule has 1 aromatic carbocycles. The number of fused-ring (bicyclic) bond motifs is 1. The van der Waals surface area contributed by atoms with Gasteiger partial charge in [-0.3, -0.25) is 9.10 Å². The van der Waals surface area contributed by atoms with Crippen LogP contribution < -0.4 is 4.31 Å². The van der Waals surface area contributed by atoms with Crippen molar-refractivity contribution >= 4 is 21.6 Å². The summed E-state index contributed by atoms with van der Waals surface area (Å²) >= 11 is 0. The monoisotopic (exact) mass is 362 g/mol. The molecule has 7 heteroatoms. The van der Waals surface area contributed by atoms with E-state index in [9.17, 15) is 13.2 Å². The van der Waals surface area contributed by atoms with E-state index in [1.165, 1.54) is 10.6 Å². The molecular weight excluding hydrogens is 340 g/mol. The topological polar surface area (TPSA) is 70.8 Å². The number of amides is 1. The molecule has 1 atom stereocenters. The maximum atomic E-state index is 12.7. The van der Waals surface area contributed by atoms with E-state index in [0.717, 1.165) is 17.1 Å². The van der Waals surface area contributed by atoms with Crippen molar-refractivity contribution < 1.29 is 17.6 Å². The third kappa shape index (κ3) is 3.42. The summed E-state index contributed by atoms with van der Waals surface area (Å²) in [5, 5.41) is 0. The lowest BCUT2D eigenvalue weighted by atomic mass is 10.1. The van der Waals surface area contributed by atoms with Gasteiger partial charge in [0.15, 0.2) is 0 Å². The van der Waals surface area contributed by atoms with E-state index in [4.69, 9.17) is 4.42 Å². The zero-order valence-electron chi connectivity index (χ0n) is 14.8. The number of sulfonamides is 1. The second kappa shape index (κ2) is 6.22. The molecule has 0 saturated heterocycles. The highest BCUT2D eigenvalue weighted by atomic mass is 32.2. The molecule has 1 unspecified atom stereocenters. The van der Waals surface area contributed by atoms with Gasteiger partial charge in [-0.2, -0.15) is 0 Å². The lowest BCUT2D eigenvalue weighted by molar-refractivity contribution is 0.0775. The summed E-state index contributed by atoms with van der Waals surface area (Å²) in [5.74, 6) is 1.41. The average Bonchev–Trinajstić information content (AvgIpc) is 3.06. The molecule has 6 nitrogen and oxygen atoms in total. The Kier molecular flexibility index (Phi) is 4.36. The van der Waals surface area contributed by atoms with Crippen LogP contribution in [0.15, 0.2) is 34.7 Å². The molecule has 25 heavy (non-hydrogen) atoms. The molecule has 1 aromatic heterocycles. The minimum atomic E-state index is -3.33. The highest BCUT2D eigenvalue weighted by Gasteiger charge is 2.33. The quantitative estimate of drug-likeness (QED) is 0.838. The molecule has 2 heterocycles. The third-order valence-corrected chi connectivity index (χ3v) is 5.64. The number of carbonyl (C=O) groups excluding carboxylic acids is 1. The number of carbonyl (C=O) groups is 1. The van der Waals surface area contributed by atoms with Crippen LogP contribution in [0, 0.1) is 6.92 Å². The van der Waals surface area contributed by atoms with E-state index in [1.807, 2.05) is 26.0 Å². The molecule has 0 spiro atoms. The second-order valence-corrected chi connectivity index (χ2v) is 8.49. The summed E-state index contributed by atoms with van der Waals surface area (Å²) < 4.78 is 30.9. The van der Waals surface area contributed by atoms with Gasteiger partial charge in [-0.25, -0.2) is 8.42 Å². The Hall–Kier alpha value is -2.28. The number of hydrogen-bond donors (Lipinski definition) is 0. The summed E-state index contributed by atoms with van der Waals surface area (Å²) in [4.78, 5) is 14.3. The van der Waals surface area contributed by atoms with Crippen LogP contribution in [-0.2, 0) is 23.0 Å². The third-order valence-electron chi connectivity index (χ3n) is 4.37. The Balaban J connectivity index is 1.83. The molecule has 2 aromatic rings. The first-order chi connectivity index (χ1) is 11.7. The van der Waals surface area contributed by atoms with Crippen LogP contribution in [0.1, 0.15) is 34.4 Å². The van der Waals surface area contributed by atoms with E-state index in [-0.39, 0.29) is 11.9 Å². The van der Waals surface area contributed by atoms with Gasteiger partial charge in [-0.15, -0.1) is 0 Å². The summed E-state index contributed by atoms with van der Waals surface area (Å²) in [6, 6.07) is 8.78. The molecule has 0 bridgehead atoms. The van der Waals surface area contributed by atoms with Gasteiger partial charge in [0, 0.05) is 18.7 Å². The van der Waals surface area contributed by atoms with E-state index in [2.05, 4.69) is 0 Å². The number of furan rings is 1. The maximum absolute atomic E-state index is 12.7. The van der Waals surface area contributed by atoms with Crippen molar-refractivity contribution in [1.29, 1.82) is 0 Å². The number of rotatable bonds is 4. The second-order valence-electron chi connectivity index (χ2n) is 6.63. The minimum absolute atomic E-state index is 0.123. The largest absolute Gasteiger partial charge is 0.464 e. The summed E-state index contributed by atoms with van der Waals surface area (Å²) in [6.45, 7) is 4.12. The summed E-state index contributed by atoms with van der Waals surface area (Å²) in [5.41, 5.74) is 2.09. The van der Waals surface area contributed by atoms with Gasteiger partial charge in [0.2, 0.25) is 10.0 Å². The first-order valence-electron chi connectivity index (χ1n) is 8.10. The first-order valence-corrected chi connectivity index (χ1v) is 9.95. The van der Waals surface area contributed by atoms with Crippen molar-refractivity contribution in [3.63, 3.8) is 0 Å². The van der Waals surface area contributed by atoms with Crippen LogP contribution >= 0.6 is 0 Å². The van der Waals surface area contributed by atoms with Crippen LogP contribution in [0.2, 0.25) is 0 Å². The predicted molar refractivity (Wildman–Crippen MR) is 96.2 cm³/mol. The lowest BCUT2D eigenvalue weighted by Gasteiger charge is -2.22. The highest BCUT2D eigenvalue weighted by molar-refractivity contribution is 7.92. The van der Waals surface area contributed by atoms with Gasteiger partial charge >= 0.3 is 0 Å². The molecular formula is C18H22N2O4S. The molecule has 1 aliphatic heterocycles. The Morgan fingerprint density at radius 3 is 2.64 bits per heavy atom. The van der Waals surface area contributed by atoms with Crippen molar-refractivity contribution in [3.8, 4) is 0 Å². The van der Waals surface area contributed by atoms with Crippen molar-refractivity contribution in [2.45, 2.75) is 32.9 Å². The Labute approximate surface area is 148 Å².